The molecule has 7 heteroatoms. The van der Waals surface area contributed by atoms with Gasteiger partial charge in [-0.1, -0.05) is 24.4 Å². The molecular formula is C22H25N5O2. The number of benzene rings is 1. The Morgan fingerprint density at radius 3 is 2.48 bits per heavy atom. The summed E-state index contributed by atoms with van der Waals surface area (Å²) in [7, 11) is 0. The van der Waals surface area contributed by atoms with E-state index < -0.39 is 0 Å². The summed E-state index contributed by atoms with van der Waals surface area (Å²) >= 11 is 0. The van der Waals surface area contributed by atoms with E-state index in [1.807, 2.05) is 36.4 Å². The fourth-order valence-electron chi connectivity index (χ4n) is 3.55. The zero-order chi connectivity index (χ0) is 19.9. The summed E-state index contributed by atoms with van der Waals surface area (Å²) in [5, 5.41) is 10.4. The van der Waals surface area contributed by atoms with Crippen LogP contribution in [0.4, 0.5) is 11.4 Å². The zero-order valence-corrected chi connectivity index (χ0v) is 16.3. The summed E-state index contributed by atoms with van der Waals surface area (Å²) in [6.07, 6.45) is 10.4. The first-order valence-electron chi connectivity index (χ1n) is 10.2. The second-order valence-corrected chi connectivity index (χ2v) is 7.35. The second kappa shape index (κ2) is 9.32. The standard InChI is InChI=1S/C22H25N5O2/c28-20(10-11-21-26-22(27-29-21)16-12-14-23-15-13-16)25-19-8-6-18(7-9-19)24-17-4-2-1-3-5-17/h6-9,12-15,17,24H,1-5,10-11H2,(H,25,28). The van der Waals surface area contributed by atoms with Gasteiger partial charge in [0.05, 0.1) is 0 Å². The van der Waals surface area contributed by atoms with Gasteiger partial charge in [0.2, 0.25) is 17.6 Å². The van der Waals surface area contributed by atoms with E-state index in [0.29, 0.717) is 24.2 Å². The van der Waals surface area contributed by atoms with Gasteiger partial charge < -0.3 is 15.2 Å². The highest BCUT2D eigenvalue weighted by molar-refractivity contribution is 5.90. The lowest BCUT2D eigenvalue weighted by molar-refractivity contribution is -0.116. The Labute approximate surface area is 169 Å². The number of hydrogen-bond acceptors (Lipinski definition) is 6. The van der Waals surface area contributed by atoms with Crippen molar-refractivity contribution in [3.63, 3.8) is 0 Å². The molecule has 0 spiro atoms. The first kappa shape index (κ1) is 19.1. The van der Waals surface area contributed by atoms with Gasteiger partial charge in [-0.15, -0.1) is 0 Å². The monoisotopic (exact) mass is 391 g/mol. The summed E-state index contributed by atoms with van der Waals surface area (Å²) in [4.78, 5) is 20.5. The van der Waals surface area contributed by atoms with E-state index in [1.165, 1.54) is 32.1 Å². The quantitative estimate of drug-likeness (QED) is 0.618. The molecule has 4 rings (SSSR count). The molecule has 2 N–H and O–H groups in total. The molecule has 0 bridgehead atoms. The zero-order valence-electron chi connectivity index (χ0n) is 16.3. The number of carbonyl (C=O) groups is 1. The van der Waals surface area contributed by atoms with Gasteiger partial charge in [-0.2, -0.15) is 4.98 Å². The number of aromatic nitrogens is 3. The van der Waals surface area contributed by atoms with Crippen LogP contribution in [0.2, 0.25) is 0 Å². The average molecular weight is 391 g/mol. The number of aryl methyl sites for hydroxylation is 1. The number of nitrogens with one attached hydrogen (secondary N) is 2. The van der Waals surface area contributed by atoms with E-state index >= 15 is 0 Å². The topological polar surface area (TPSA) is 92.9 Å². The molecule has 1 saturated carbocycles. The normalized spacial score (nSPS) is 14.5. The second-order valence-electron chi connectivity index (χ2n) is 7.35. The molecule has 0 radical (unpaired) electrons. The third-order valence-electron chi connectivity index (χ3n) is 5.12. The van der Waals surface area contributed by atoms with Crippen LogP contribution in [0.25, 0.3) is 11.4 Å². The lowest BCUT2D eigenvalue weighted by Gasteiger charge is -2.23. The van der Waals surface area contributed by atoms with E-state index in [9.17, 15) is 4.79 Å². The Bertz CT molecular complexity index is 918. The Hall–Kier alpha value is -3.22. The smallest absolute Gasteiger partial charge is 0.227 e. The van der Waals surface area contributed by atoms with Crippen molar-refractivity contribution in [2.24, 2.45) is 0 Å². The number of pyridine rings is 1. The Balaban J connectivity index is 1.25. The van der Waals surface area contributed by atoms with Gasteiger partial charge in [0, 0.05) is 48.2 Å². The lowest BCUT2D eigenvalue weighted by Crippen LogP contribution is -2.22. The largest absolute Gasteiger partial charge is 0.382 e. The minimum absolute atomic E-state index is 0.0818. The Morgan fingerprint density at radius 1 is 1.00 bits per heavy atom. The average Bonchev–Trinajstić information content (AvgIpc) is 3.24. The van der Waals surface area contributed by atoms with Crippen molar-refractivity contribution in [3.05, 3.63) is 54.7 Å². The molecule has 2 heterocycles. The highest BCUT2D eigenvalue weighted by Gasteiger charge is 2.13. The molecule has 1 aliphatic carbocycles. The molecule has 2 aromatic heterocycles. The molecular weight excluding hydrogens is 366 g/mol. The first-order chi connectivity index (χ1) is 14.3. The van der Waals surface area contributed by atoms with Gasteiger partial charge in [-0.3, -0.25) is 9.78 Å². The van der Waals surface area contributed by atoms with E-state index in [2.05, 4.69) is 25.8 Å². The maximum Gasteiger partial charge on any atom is 0.227 e. The minimum atomic E-state index is -0.0818. The molecule has 1 aromatic carbocycles. The molecule has 150 valence electrons. The SMILES string of the molecule is O=C(CCc1nc(-c2ccncc2)no1)Nc1ccc(NC2CCCCC2)cc1. The van der Waals surface area contributed by atoms with E-state index in [-0.39, 0.29) is 12.3 Å². The van der Waals surface area contributed by atoms with Crippen LogP contribution in [0.15, 0.2) is 53.3 Å². The van der Waals surface area contributed by atoms with Gasteiger partial charge in [0.15, 0.2) is 0 Å². The molecule has 1 aliphatic rings. The molecule has 0 saturated heterocycles. The summed E-state index contributed by atoms with van der Waals surface area (Å²) in [6, 6.07) is 12.1. The van der Waals surface area contributed by atoms with Gasteiger partial charge in [0.1, 0.15) is 0 Å². The molecule has 0 atom stereocenters. The van der Waals surface area contributed by atoms with E-state index in [0.717, 1.165) is 16.9 Å². The predicted octanol–water partition coefficient (Wildman–Crippen LogP) is 4.45. The fraction of sp³-hybridized carbons (Fsp3) is 0.364. The highest BCUT2D eigenvalue weighted by atomic mass is 16.5. The van der Waals surface area contributed by atoms with Crippen molar-refractivity contribution < 1.29 is 9.32 Å². The molecule has 3 aromatic rings. The van der Waals surface area contributed by atoms with Crippen molar-refractivity contribution in [2.45, 2.75) is 51.0 Å². The summed E-state index contributed by atoms with van der Waals surface area (Å²) in [5.41, 5.74) is 2.72. The van der Waals surface area contributed by atoms with Crippen molar-refractivity contribution >= 4 is 17.3 Å². The highest BCUT2D eigenvalue weighted by Crippen LogP contribution is 2.22. The third-order valence-corrected chi connectivity index (χ3v) is 5.12. The maximum absolute atomic E-state index is 12.2. The van der Waals surface area contributed by atoms with Crippen molar-refractivity contribution in [2.75, 3.05) is 10.6 Å². The molecule has 0 unspecified atom stereocenters. The van der Waals surface area contributed by atoms with Crippen LogP contribution in [0.5, 0.6) is 0 Å². The molecule has 0 aliphatic heterocycles. The van der Waals surface area contributed by atoms with E-state index in [4.69, 9.17) is 4.52 Å². The predicted molar refractivity (Wildman–Crippen MR) is 111 cm³/mol. The number of carbonyl (C=O) groups excluding carboxylic acids is 1. The molecule has 1 amide bonds. The number of anilines is 2. The minimum Gasteiger partial charge on any atom is -0.382 e. The van der Waals surface area contributed by atoms with Crippen molar-refractivity contribution in [3.8, 4) is 11.4 Å². The van der Waals surface area contributed by atoms with Crippen molar-refractivity contribution in [1.29, 1.82) is 0 Å². The third kappa shape index (κ3) is 5.40. The van der Waals surface area contributed by atoms with Crippen LogP contribution in [0, 0.1) is 0 Å². The number of hydrogen-bond donors (Lipinski definition) is 2. The van der Waals surface area contributed by atoms with Crippen LogP contribution in [0.3, 0.4) is 0 Å². The first-order valence-corrected chi connectivity index (χ1v) is 10.2. The molecule has 29 heavy (non-hydrogen) atoms. The van der Waals surface area contributed by atoms with Crippen molar-refractivity contribution in [1.82, 2.24) is 15.1 Å². The van der Waals surface area contributed by atoms with Gasteiger partial charge >= 0.3 is 0 Å². The van der Waals surface area contributed by atoms with Crippen LogP contribution in [-0.2, 0) is 11.2 Å². The van der Waals surface area contributed by atoms with Gasteiger partial charge in [0.25, 0.3) is 0 Å². The van der Waals surface area contributed by atoms with Crippen LogP contribution < -0.4 is 10.6 Å². The van der Waals surface area contributed by atoms with Crippen LogP contribution in [0.1, 0.15) is 44.4 Å². The van der Waals surface area contributed by atoms with Crippen LogP contribution in [-0.4, -0.2) is 27.1 Å². The Kier molecular flexibility index (Phi) is 6.14. The fourth-order valence-corrected chi connectivity index (χ4v) is 3.55. The summed E-state index contributed by atoms with van der Waals surface area (Å²) in [5.74, 6) is 0.865. The maximum atomic E-state index is 12.2. The number of amides is 1. The lowest BCUT2D eigenvalue weighted by atomic mass is 9.95. The Morgan fingerprint density at radius 2 is 1.72 bits per heavy atom. The number of nitrogens with zero attached hydrogens (tertiary/aromatic N) is 3. The summed E-state index contributed by atoms with van der Waals surface area (Å²) < 4.78 is 5.24. The van der Waals surface area contributed by atoms with Crippen LogP contribution >= 0.6 is 0 Å². The van der Waals surface area contributed by atoms with Gasteiger partial charge in [-0.05, 0) is 49.2 Å². The molecule has 7 nitrogen and oxygen atoms in total. The number of rotatable bonds is 7. The van der Waals surface area contributed by atoms with Gasteiger partial charge in [-0.25, -0.2) is 0 Å². The summed E-state index contributed by atoms with van der Waals surface area (Å²) in [6.45, 7) is 0. The molecule has 1 fully saturated rings. The van der Waals surface area contributed by atoms with E-state index in [1.54, 1.807) is 12.4 Å².